The summed E-state index contributed by atoms with van der Waals surface area (Å²) in [5.41, 5.74) is 0.316. The van der Waals surface area contributed by atoms with Crippen LogP contribution in [0.15, 0.2) is 42.4 Å². The van der Waals surface area contributed by atoms with E-state index in [4.69, 9.17) is 0 Å². The summed E-state index contributed by atoms with van der Waals surface area (Å²) in [5, 5.41) is 19.0. The van der Waals surface area contributed by atoms with Gasteiger partial charge in [-0.1, -0.05) is 12.2 Å². The zero-order chi connectivity index (χ0) is 15.1. The lowest BCUT2D eigenvalue weighted by atomic mass is 10.2. The van der Waals surface area contributed by atoms with Crippen LogP contribution in [0, 0.1) is 0 Å². The van der Waals surface area contributed by atoms with Crippen LogP contribution in [-0.4, -0.2) is 38.9 Å². The largest absolute Gasteiger partial charge is 0.503 e. The van der Waals surface area contributed by atoms with Crippen molar-refractivity contribution in [1.82, 2.24) is 9.47 Å². The molecule has 0 bridgehead atoms. The van der Waals surface area contributed by atoms with Crippen LogP contribution in [0.3, 0.4) is 0 Å². The smallest absolute Gasteiger partial charge is 0.223 e. The lowest BCUT2D eigenvalue weighted by Crippen LogP contribution is -2.27. The van der Waals surface area contributed by atoms with Gasteiger partial charge in [0, 0.05) is 37.9 Å². The fourth-order valence-corrected chi connectivity index (χ4v) is 1.99. The average molecular weight is 278 g/mol. The molecule has 5 heteroatoms. The molecule has 0 aliphatic carbocycles. The highest BCUT2D eigenvalue weighted by Crippen LogP contribution is 2.09. The molecule has 110 valence electrons. The van der Waals surface area contributed by atoms with Crippen LogP contribution in [0.2, 0.25) is 0 Å². The van der Waals surface area contributed by atoms with Gasteiger partial charge in [0.1, 0.15) is 0 Å². The van der Waals surface area contributed by atoms with Gasteiger partial charge >= 0.3 is 0 Å². The summed E-state index contributed by atoms with van der Waals surface area (Å²) < 4.78 is 1.70. The van der Waals surface area contributed by atoms with E-state index in [-0.39, 0.29) is 5.75 Å². The molecule has 0 fully saturated rings. The van der Waals surface area contributed by atoms with Crippen LogP contribution in [0.25, 0.3) is 0 Å². The molecule has 1 unspecified atom stereocenters. The van der Waals surface area contributed by atoms with Crippen LogP contribution >= 0.6 is 0 Å². The van der Waals surface area contributed by atoms with Crippen molar-refractivity contribution in [3.8, 4) is 5.75 Å². The Morgan fingerprint density at radius 3 is 2.50 bits per heavy atom. The summed E-state index contributed by atoms with van der Waals surface area (Å²) in [5.74, 6) is -0.312. The summed E-state index contributed by atoms with van der Waals surface area (Å²) in [4.78, 5) is 13.6. The molecule has 20 heavy (non-hydrogen) atoms. The highest BCUT2D eigenvalue weighted by atomic mass is 16.3. The van der Waals surface area contributed by atoms with Crippen molar-refractivity contribution in [1.29, 1.82) is 0 Å². The molecule has 0 spiro atoms. The van der Waals surface area contributed by atoms with E-state index in [1.165, 1.54) is 12.3 Å². The van der Waals surface area contributed by atoms with Crippen molar-refractivity contribution in [2.75, 3.05) is 13.1 Å². The number of hydrogen-bond acceptors (Lipinski definition) is 4. The zero-order valence-corrected chi connectivity index (χ0v) is 11.8. The lowest BCUT2D eigenvalue weighted by molar-refractivity contribution is 0.169. The van der Waals surface area contributed by atoms with E-state index in [0.717, 1.165) is 5.69 Å². The van der Waals surface area contributed by atoms with Gasteiger partial charge in [-0.05, 0) is 6.92 Å². The van der Waals surface area contributed by atoms with Crippen molar-refractivity contribution >= 4 is 0 Å². The molecule has 0 saturated carbocycles. The molecule has 0 amide bonds. The van der Waals surface area contributed by atoms with E-state index in [9.17, 15) is 15.0 Å². The monoisotopic (exact) mass is 278 g/mol. The fourth-order valence-electron chi connectivity index (χ4n) is 1.99. The van der Waals surface area contributed by atoms with Gasteiger partial charge in [0.25, 0.3) is 0 Å². The minimum atomic E-state index is -0.567. The third kappa shape index (κ3) is 4.68. The minimum Gasteiger partial charge on any atom is -0.503 e. The lowest BCUT2D eigenvalue weighted by Gasteiger charge is -2.22. The SMILES string of the molecule is C=CCN(CC=C)Cc1cc(=O)c(O)cn1CC(C)O. The predicted molar refractivity (Wildman–Crippen MR) is 79.7 cm³/mol. The van der Waals surface area contributed by atoms with E-state index in [1.807, 2.05) is 4.90 Å². The van der Waals surface area contributed by atoms with E-state index in [1.54, 1.807) is 23.6 Å². The third-order valence-corrected chi connectivity index (χ3v) is 2.82. The molecule has 1 aromatic heterocycles. The number of aromatic nitrogens is 1. The van der Waals surface area contributed by atoms with Crippen molar-refractivity contribution < 1.29 is 10.2 Å². The molecular weight excluding hydrogens is 256 g/mol. The second-order valence-electron chi connectivity index (χ2n) is 4.79. The van der Waals surface area contributed by atoms with Gasteiger partial charge in [0.05, 0.1) is 12.3 Å². The van der Waals surface area contributed by atoms with Crippen LogP contribution in [0.4, 0.5) is 0 Å². The maximum absolute atomic E-state index is 11.6. The Hall–Kier alpha value is -1.85. The number of rotatable bonds is 8. The standard InChI is InChI=1S/C15H22N2O3/c1-4-6-16(7-5-2)10-13-8-14(19)15(20)11-17(13)9-12(3)18/h4-5,8,11-12,18,20H,1-2,6-7,9-10H2,3H3. The van der Waals surface area contributed by atoms with Crippen LogP contribution in [0.5, 0.6) is 5.75 Å². The molecule has 0 aliphatic heterocycles. The molecule has 0 radical (unpaired) electrons. The molecule has 1 rings (SSSR count). The molecule has 0 aliphatic rings. The molecule has 2 N–H and O–H groups in total. The van der Waals surface area contributed by atoms with Gasteiger partial charge in [0.15, 0.2) is 5.75 Å². The first kappa shape index (κ1) is 16.2. The Balaban J connectivity index is 3.06. The van der Waals surface area contributed by atoms with Gasteiger partial charge in [-0.2, -0.15) is 0 Å². The Morgan fingerprint density at radius 1 is 1.40 bits per heavy atom. The first-order chi connectivity index (χ1) is 9.47. The normalized spacial score (nSPS) is 12.3. The van der Waals surface area contributed by atoms with E-state index in [0.29, 0.717) is 26.2 Å². The Labute approximate surface area is 119 Å². The molecule has 0 aromatic carbocycles. The summed E-state index contributed by atoms with van der Waals surface area (Å²) in [6.45, 7) is 11.2. The van der Waals surface area contributed by atoms with Gasteiger partial charge in [-0.25, -0.2) is 0 Å². The van der Waals surface area contributed by atoms with Crippen molar-refractivity contribution in [3.63, 3.8) is 0 Å². The average Bonchev–Trinajstić information content (AvgIpc) is 2.35. The van der Waals surface area contributed by atoms with Crippen molar-refractivity contribution in [3.05, 3.63) is 53.5 Å². The molecular formula is C15H22N2O3. The van der Waals surface area contributed by atoms with Crippen LogP contribution in [-0.2, 0) is 13.1 Å². The first-order valence-corrected chi connectivity index (χ1v) is 6.52. The summed E-state index contributed by atoms with van der Waals surface area (Å²) >= 11 is 0. The zero-order valence-electron chi connectivity index (χ0n) is 11.8. The second kappa shape index (κ2) is 7.67. The molecule has 0 saturated heterocycles. The van der Waals surface area contributed by atoms with Gasteiger partial charge < -0.3 is 14.8 Å². The van der Waals surface area contributed by atoms with E-state index in [2.05, 4.69) is 13.2 Å². The van der Waals surface area contributed by atoms with Crippen molar-refractivity contribution in [2.24, 2.45) is 0 Å². The Kier molecular flexibility index (Phi) is 6.21. The second-order valence-corrected chi connectivity index (χ2v) is 4.79. The number of hydrogen-bond donors (Lipinski definition) is 2. The van der Waals surface area contributed by atoms with Gasteiger partial charge in [0.2, 0.25) is 5.43 Å². The Morgan fingerprint density at radius 2 is 2.00 bits per heavy atom. The van der Waals surface area contributed by atoms with Gasteiger partial charge in [-0.3, -0.25) is 9.69 Å². The highest BCUT2D eigenvalue weighted by Gasteiger charge is 2.11. The number of aliphatic hydroxyl groups is 1. The van der Waals surface area contributed by atoms with Crippen molar-refractivity contribution in [2.45, 2.75) is 26.1 Å². The summed E-state index contributed by atoms with van der Waals surface area (Å²) in [7, 11) is 0. The fraction of sp³-hybridized carbons (Fsp3) is 0.400. The maximum Gasteiger partial charge on any atom is 0.223 e. The van der Waals surface area contributed by atoms with E-state index >= 15 is 0 Å². The summed E-state index contributed by atoms with van der Waals surface area (Å²) in [6, 6.07) is 1.40. The predicted octanol–water partition coefficient (Wildman–Crippen LogP) is 1.11. The molecule has 1 heterocycles. The number of pyridine rings is 1. The quantitative estimate of drug-likeness (QED) is 0.699. The van der Waals surface area contributed by atoms with Gasteiger partial charge in [-0.15, -0.1) is 13.2 Å². The minimum absolute atomic E-state index is 0.312. The Bertz CT molecular complexity index is 510. The number of nitrogens with zero attached hydrogens (tertiary/aromatic N) is 2. The number of aliphatic hydroxyl groups excluding tert-OH is 1. The molecule has 1 atom stereocenters. The topological polar surface area (TPSA) is 65.7 Å². The van der Waals surface area contributed by atoms with Crippen LogP contribution < -0.4 is 5.43 Å². The molecule has 1 aromatic rings. The summed E-state index contributed by atoms with van der Waals surface area (Å²) in [6.07, 6.45) is 4.36. The third-order valence-electron chi connectivity index (χ3n) is 2.82. The first-order valence-electron chi connectivity index (χ1n) is 6.52. The molecule has 5 nitrogen and oxygen atoms in total. The maximum atomic E-state index is 11.6. The van der Waals surface area contributed by atoms with Crippen LogP contribution in [0.1, 0.15) is 12.6 Å². The van der Waals surface area contributed by atoms with E-state index < -0.39 is 11.5 Å². The number of aromatic hydroxyl groups is 1. The highest BCUT2D eigenvalue weighted by molar-refractivity contribution is 5.20.